The van der Waals surface area contributed by atoms with Gasteiger partial charge in [-0.2, -0.15) is 0 Å². The van der Waals surface area contributed by atoms with Gasteiger partial charge in [-0.1, -0.05) is 46.5 Å². The highest BCUT2D eigenvalue weighted by Crippen LogP contribution is 2.08. The number of ether oxygens (including phenoxy) is 1. The Hall–Kier alpha value is -0.530. The molecule has 2 nitrogen and oxygen atoms in total. The van der Waals surface area contributed by atoms with E-state index in [1.807, 2.05) is 0 Å². The molecule has 0 rings (SSSR count). The number of carbonyl (C=O) groups excluding carboxylic acids is 1. The second kappa shape index (κ2) is 10.0. The van der Waals surface area contributed by atoms with E-state index in [0.717, 1.165) is 31.6 Å². The number of hydrogen-bond acceptors (Lipinski definition) is 2. The van der Waals surface area contributed by atoms with Crippen LogP contribution in [0.4, 0.5) is 0 Å². The topological polar surface area (TPSA) is 26.3 Å². The minimum atomic E-state index is -0.0186. The molecule has 0 heterocycles. The monoisotopic (exact) mass is 214 g/mol. The van der Waals surface area contributed by atoms with E-state index >= 15 is 0 Å². The fourth-order valence-electron chi connectivity index (χ4n) is 1.43. The van der Waals surface area contributed by atoms with Crippen LogP contribution in [0.2, 0.25) is 0 Å². The number of esters is 1. The Labute approximate surface area is 94.4 Å². The van der Waals surface area contributed by atoms with Gasteiger partial charge < -0.3 is 4.74 Å². The molecule has 0 fully saturated rings. The number of carbonyl (C=O) groups is 1. The smallest absolute Gasteiger partial charge is 0.305 e. The van der Waals surface area contributed by atoms with Crippen molar-refractivity contribution in [1.82, 2.24) is 0 Å². The summed E-state index contributed by atoms with van der Waals surface area (Å²) in [5, 5.41) is 0. The first-order valence-electron chi connectivity index (χ1n) is 6.32. The number of unbranched alkanes of at least 4 members (excludes halogenated alkanes) is 3. The van der Waals surface area contributed by atoms with Crippen LogP contribution >= 0.6 is 0 Å². The molecule has 2 heteroatoms. The molecule has 0 aliphatic heterocycles. The van der Waals surface area contributed by atoms with E-state index in [-0.39, 0.29) is 5.97 Å². The van der Waals surface area contributed by atoms with Gasteiger partial charge in [-0.05, 0) is 18.8 Å². The number of rotatable bonds is 9. The summed E-state index contributed by atoms with van der Waals surface area (Å²) in [6.45, 7) is 7.18. The molecule has 0 spiro atoms. The molecule has 0 unspecified atom stereocenters. The predicted octanol–water partition coefficient (Wildman–Crippen LogP) is 3.94. The maximum absolute atomic E-state index is 11.2. The third-order valence-electron chi connectivity index (χ3n) is 2.42. The lowest BCUT2D eigenvalue weighted by Gasteiger charge is -2.05. The standard InChI is InChI=1S/C13H26O2/c1-4-5-8-11-15-13(14)10-7-6-9-12(2)3/h12H,4-11H2,1-3H3. The van der Waals surface area contributed by atoms with Crippen molar-refractivity contribution in [2.45, 2.75) is 65.7 Å². The molecular weight excluding hydrogens is 188 g/mol. The van der Waals surface area contributed by atoms with Gasteiger partial charge in [-0.15, -0.1) is 0 Å². The van der Waals surface area contributed by atoms with Crippen molar-refractivity contribution >= 4 is 5.97 Å². The summed E-state index contributed by atoms with van der Waals surface area (Å²) in [5.74, 6) is 0.723. The lowest BCUT2D eigenvalue weighted by atomic mass is 10.1. The maximum Gasteiger partial charge on any atom is 0.305 e. The zero-order chi connectivity index (χ0) is 11.5. The molecule has 0 N–H and O–H groups in total. The summed E-state index contributed by atoms with van der Waals surface area (Å²) in [6, 6.07) is 0. The largest absolute Gasteiger partial charge is 0.466 e. The third-order valence-corrected chi connectivity index (χ3v) is 2.42. The van der Waals surface area contributed by atoms with Gasteiger partial charge in [0.05, 0.1) is 6.61 Å². The van der Waals surface area contributed by atoms with Gasteiger partial charge >= 0.3 is 5.97 Å². The molecule has 90 valence electrons. The minimum absolute atomic E-state index is 0.0186. The van der Waals surface area contributed by atoms with E-state index in [4.69, 9.17) is 4.74 Å². The molecule has 0 aliphatic carbocycles. The molecule has 0 amide bonds. The van der Waals surface area contributed by atoms with Gasteiger partial charge in [0.15, 0.2) is 0 Å². The van der Waals surface area contributed by atoms with Crippen LogP contribution in [0.15, 0.2) is 0 Å². The summed E-state index contributed by atoms with van der Waals surface area (Å²) in [6.07, 6.45) is 7.26. The Kier molecular flexibility index (Phi) is 9.65. The fourth-order valence-corrected chi connectivity index (χ4v) is 1.43. The zero-order valence-electron chi connectivity index (χ0n) is 10.6. The molecule has 0 aromatic rings. The molecule has 0 aromatic carbocycles. The second-order valence-corrected chi connectivity index (χ2v) is 4.57. The molecule has 0 bridgehead atoms. The summed E-state index contributed by atoms with van der Waals surface area (Å²) in [4.78, 5) is 11.2. The fraction of sp³-hybridized carbons (Fsp3) is 0.923. The number of hydrogen-bond donors (Lipinski definition) is 0. The highest BCUT2D eigenvalue weighted by atomic mass is 16.5. The van der Waals surface area contributed by atoms with Crippen LogP contribution in [-0.2, 0) is 9.53 Å². The van der Waals surface area contributed by atoms with Crippen molar-refractivity contribution in [1.29, 1.82) is 0 Å². The minimum Gasteiger partial charge on any atom is -0.466 e. The normalized spacial score (nSPS) is 10.7. The molecule has 0 aromatic heterocycles. The van der Waals surface area contributed by atoms with E-state index in [0.29, 0.717) is 13.0 Å². The highest BCUT2D eigenvalue weighted by molar-refractivity contribution is 5.69. The summed E-state index contributed by atoms with van der Waals surface area (Å²) < 4.78 is 5.11. The third kappa shape index (κ3) is 11.4. The van der Waals surface area contributed by atoms with E-state index in [2.05, 4.69) is 20.8 Å². The van der Waals surface area contributed by atoms with Crippen LogP contribution in [0.1, 0.15) is 65.7 Å². The van der Waals surface area contributed by atoms with Crippen LogP contribution in [-0.4, -0.2) is 12.6 Å². The Morgan fingerprint density at radius 3 is 2.47 bits per heavy atom. The van der Waals surface area contributed by atoms with Gasteiger partial charge in [0.25, 0.3) is 0 Å². The van der Waals surface area contributed by atoms with Gasteiger partial charge in [-0.25, -0.2) is 0 Å². The average molecular weight is 214 g/mol. The average Bonchev–Trinajstić information content (AvgIpc) is 2.19. The quantitative estimate of drug-likeness (QED) is 0.429. The first kappa shape index (κ1) is 14.5. The van der Waals surface area contributed by atoms with Gasteiger partial charge in [-0.3, -0.25) is 4.79 Å². The van der Waals surface area contributed by atoms with Gasteiger partial charge in [0.1, 0.15) is 0 Å². The molecule has 0 radical (unpaired) electrons. The van der Waals surface area contributed by atoms with Crippen LogP contribution < -0.4 is 0 Å². The zero-order valence-corrected chi connectivity index (χ0v) is 10.6. The van der Waals surface area contributed by atoms with Crippen molar-refractivity contribution in [3.63, 3.8) is 0 Å². The lowest BCUT2D eigenvalue weighted by Crippen LogP contribution is -2.05. The SMILES string of the molecule is CCCCCOC(=O)CCCCC(C)C. The van der Waals surface area contributed by atoms with Crippen LogP contribution in [0.3, 0.4) is 0 Å². The Balaban J connectivity index is 3.19. The van der Waals surface area contributed by atoms with Crippen LogP contribution in [0.5, 0.6) is 0 Å². The van der Waals surface area contributed by atoms with E-state index in [1.54, 1.807) is 0 Å². The Morgan fingerprint density at radius 1 is 1.13 bits per heavy atom. The lowest BCUT2D eigenvalue weighted by molar-refractivity contribution is -0.143. The summed E-state index contributed by atoms with van der Waals surface area (Å²) in [7, 11) is 0. The van der Waals surface area contributed by atoms with Crippen molar-refractivity contribution in [3.8, 4) is 0 Å². The van der Waals surface area contributed by atoms with Crippen molar-refractivity contribution in [2.75, 3.05) is 6.61 Å². The molecule has 0 saturated heterocycles. The van der Waals surface area contributed by atoms with E-state index in [1.165, 1.54) is 12.8 Å². The molecular formula is C13H26O2. The van der Waals surface area contributed by atoms with Crippen molar-refractivity contribution in [3.05, 3.63) is 0 Å². The first-order chi connectivity index (χ1) is 7.16. The predicted molar refractivity (Wildman–Crippen MR) is 63.8 cm³/mol. The summed E-state index contributed by atoms with van der Waals surface area (Å²) in [5.41, 5.74) is 0. The Morgan fingerprint density at radius 2 is 1.87 bits per heavy atom. The molecule has 0 aliphatic rings. The molecule has 0 atom stereocenters. The maximum atomic E-state index is 11.2. The van der Waals surface area contributed by atoms with E-state index < -0.39 is 0 Å². The van der Waals surface area contributed by atoms with Gasteiger partial charge in [0.2, 0.25) is 0 Å². The molecule has 0 saturated carbocycles. The highest BCUT2D eigenvalue weighted by Gasteiger charge is 2.02. The Bertz CT molecular complexity index is 153. The van der Waals surface area contributed by atoms with Crippen molar-refractivity contribution in [2.24, 2.45) is 5.92 Å². The van der Waals surface area contributed by atoms with Crippen LogP contribution in [0, 0.1) is 5.92 Å². The van der Waals surface area contributed by atoms with Crippen LogP contribution in [0.25, 0.3) is 0 Å². The van der Waals surface area contributed by atoms with Crippen molar-refractivity contribution < 1.29 is 9.53 Å². The molecule has 15 heavy (non-hydrogen) atoms. The first-order valence-corrected chi connectivity index (χ1v) is 6.32. The van der Waals surface area contributed by atoms with Gasteiger partial charge in [0, 0.05) is 6.42 Å². The van der Waals surface area contributed by atoms with E-state index in [9.17, 15) is 4.79 Å². The second-order valence-electron chi connectivity index (χ2n) is 4.57. The summed E-state index contributed by atoms with van der Waals surface area (Å²) >= 11 is 0.